The van der Waals surface area contributed by atoms with Gasteiger partial charge in [0.05, 0.1) is 0 Å². The highest BCUT2D eigenvalue weighted by atomic mass is 14.4. The molecule has 4 aromatic rings. The van der Waals surface area contributed by atoms with E-state index in [0.29, 0.717) is 0 Å². The highest BCUT2D eigenvalue weighted by Gasteiger charge is 2.32. The Bertz CT molecular complexity index is 1210. The average Bonchev–Trinajstić information content (AvgIpc) is 2.73. The minimum absolute atomic E-state index is 0.00152. The van der Waals surface area contributed by atoms with E-state index in [-0.39, 0.29) is 5.41 Å². The average molecular weight is 417 g/mol. The van der Waals surface area contributed by atoms with Gasteiger partial charge in [-0.1, -0.05) is 86.6 Å². The minimum Gasteiger partial charge on any atom is -0.0617 e. The van der Waals surface area contributed by atoms with Gasteiger partial charge >= 0.3 is 0 Å². The molecule has 0 saturated heterocycles. The van der Waals surface area contributed by atoms with Crippen molar-refractivity contribution in [3.05, 3.63) is 117 Å². The molecule has 160 valence electrons. The van der Waals surface area contributed by atoms with E-state index in [1.807, 2.05) is 0 Å². The normalized spacial score (nSPS) is 14.1. The summed E-state index contributed by atoms with van der Waals surface area (Å²) in [4.78, 5) is 0. The Kier molecular flexibility index (Phi) is 4.86. The highest BCUT2D eigenvalue weighted by molar-refractivity contribution is 5.75. The first-order valence-electron chi connectivity index (χ1n) is 11.7. The van der Waals surface area contributed by atoms with E-state index in [0.717, 1.165) is 6.42 Å². The lowest BCUT2D eigenvalue weighted by Crippen LogP contribution is -2.27. The SMILES string of the molecule is Cc1cccc(C)c1-c1ccc2c(c1)Cc1cc(-c3c(C)cccc3C)ccc1C2(C)C. The van der Waals surface area contributed by atoms with Crippen molar-refractivity contribution in [2.24, 2.45) is 0 Å². The molecule has 0 fully saturated rings. The Morgan fingerprint density at radius 2 is 0.906 bits per heavy atom. The smallest absolute Gasteiger partial charge is 0.0152 e. The molecule has 0 saturated carbocycles. The van der Waals surface area contributed by atoms with Crippen LogP contribution in [0.25, 0.3) is 22.3 Å². The molecule has 0 N–H and O–H groups in total. The second-order valence-corrected chi connectivity index (χ2v) is 10.1. The molecule has 0 amide bonds. The molecule has 0 nitrogen and oxygen atoms in total. The lowest BCUT2D eigenvalue weighted by atomic mass is 9.68. The monoisotopic (exact) mass is 416 g/mol. The lowest BCUT2D eigenvalue weighted by Gasteiger charge is -2.36. The molecule has 32 heavy (non-hydrogen) atoms. The largest absolute Gasteiger partial charge is 0.0617 e. The standard InChI is InChI=1S/C32H32/c1-20-9-7-10-21(2)30(20)24-13-15-28-26(17-24)19-27-18-25(14-16-29(27)32(28,5)6)31-22(3)11-8-12-23(31)4/h7-18H,19H2,1-6H3. The van der Waals surface area contributed by atoms with Gasteiger partial charge in [0.25, 0.3) is 0 Å². The molecule has 1 aliphatic rings. The fourth-order valence-corrected chi connectivity index (χ4v) is 5.90. The van der Waals surface area contributed by atoms with Crippen LogP contribution in [0, 0.1) is 27.7 Å². The summed E-state index contributed by atoms with van der Waals surface area (Å²) in [5.41, 5.74) is 16.6. The van der Waals surface area contributed by atoms with E-state index in [9.17, 15) is 0 Å². The van der Waals surface area contributed by atoms with Gasteiger partial charge in [0.1, 0.15) is 0 Å². The quantitative estimate of drug-likeness (QED) is 0.307. The van der Waals surface area contributed by atoms with Gasteiger partial charge in [-0.2, -0.15) is 0 Å². The Hall–Kier alpha value is -3.12. The van der Waals surface area contributed by atoms with Crippen molar-refractivity contribution in [1.29, 1.82) is 0 Å². The third-order valence-corrected chi connectivity index (χ3v) is 7.48. The van der Waals surface area contributed by atoms with Gasteiger partial charge in [-0.05, 0) is 101 Å². The molecule has 0 aliphatic heterocycles. The second kappa shape index (κ2) is 7.48. The summed E-state index contributed by atoms with van der Waals surface area (Å²) in [6.45, 7) is 13.6. The Morgan fingerprint density at radius 3 is 1.28 bits per heavy atom. The van der Waals surface area contributed by atoms with Crippen LogP contribution in [0.2, 0.25) is 0 Å². The number of hydrogen-bond acceptors (Lipinski definition) is 0. The fourth-order valence-electron chi connectivity index (χ4n) is 5.90. The molecule has 0 radical (unpaired) electrons. The van der Waals surface area contributed by atoms with Crippen LogP contribution in [0.5, 0.6) is 0 Å². The summed E-state index contributed by atoms with van der Waals surface area (Å²) in [6, 6.07) is 27.5. The van der Waals surface area contributed by atoms with Crippen molar-refractivity contribution >= 4 is 0 Å². The van der Waals surface area contributed by atoms with Crippen molar-refractivity contribution < 1.29 is 0 Å². The summed E-state index contributed by atoms with van der Waals surface area (Å²) in [5.74, 6) is 0. The maximum absolute atomic E-state index is 2.45. The zero-order chi connectivity index (χ0) is 22.6. The Balaban J connectivity index is 1.65. The molecule has 0 heteroatoms. The number of rotatable bonds is 2. The lowest BCUT2D eigenvalue weighted by molar-refractivity contribution is 0.611. The first kappa shape index (κ1) is 20.8. The van der Waals surface area contributed by atoms with Crippen molar-refractivity contribution in [2.75, 3.05) is 0 Å². The van der Waals surface area contributed by atoms with Gasteiger partial charge in [0.2, 0.25) is 0 Å². The fraction of sp³-hybridized carbons (Fsp3) is 0.250. The van der Waals surface area contributed by atoms with Crippen LogP contribution in [0.1, 0.15) is 58.4 Å². The van der Waals surface area contributed by atoms with Gasteiger partial charge in [-0.15, -0.1) is 0 Å². The summed E-state index contributed by atoms with van der Waals surface area (Å²) < 4.78 is 0. The molecule has 0 heterocycles. The third-order valence-electron chi connectivity index (χ3n) is 7.48. The van der Waals surface area contributed by atoms with E-state index in [1.165, 1.54) is 66.8 Å². The van der Waals surface area contributed by atoms with Crippen LogP contribution >= 0.6 is 0 Å². The molecular formula is C32H32. The van der Waals surface area contributed by atoms with E-state index < -0.39 is 0 Å². The van der Waals surface area contributed by atoms with Crippen LogP contribution in [-0.2, 0) is 11.8 Å². The van der Waals surface area contributed by atoms with Crippen molar-refractivity contribution in [3.8, 4) is 22.3 Å². The van der Waals surface area contributed by atoms with Gasteiger partial charge in [-0.25, -0.2) is 0 Å². The third kappa shape index (κ3) is 3.21. The van der Waals surface area contributed by atoms with Crippen LogP contribution in [0.4, 0.5) is 0 Å². The number of benzene rings is 4. The molecule has 0 aromatic heterocycles. The molecule has 4 aromatic carbocycles. The molecular weight excluding hydrogens is 384 g/mol. The topological polar surface area (TPSA) is 0 Å². The van der Waals surface area contributed by atoms with Crippen molar-refractivity contribution in [1.82, 2.24) is 0 Å². The molecule has 0 bridgehead atoms. The predicted molar refractivity (Wildman–Crippen MR) is 138 cm³/mol. The van der Waals surface area contributed by atoms with E-state index in [4.69, 9.17) is 0 Å². The Morgan fingerprint density at radius 1 is 0.531 bits per heavy atom. The summed E-state index contributed by atoms with van der Waals surface area (Å²) in [5, 5.41) is 0. The molecule has 1 aliphatic carbocycles. The van der Waals surface area contributed by atoms with E-state index in [2.05, 4.69) is 114 Å². The van der Waals surface area contributed by atoms with Gasteiger partial charge < -0.3 is 0 Å². The number of aryl methyl sites for hydroxylation is 4. The second-order valence-electron chi connectivity index (χ2n) is 10.1. The molecule has 5 rings (SSSR count). The number of fused-ring (bicyclic) bond motifs is 2. The van der Waals surface area contributed by atoms with Gasteiger partial charge in [-0.3, -0.25) is 0 Å². The predicted octanol–water partition coefficient (Wildman–Crippen LogP) is 8.48. The minimum atomic E-state index is 0.00152. The van der Waals surface area contributed by atoms with Crippen molar-refractivity contribution in [2.45, 2.75) is 53.4 Å². The van der Waals surface area contributed by atoms with E-state index >= 15 is 0 Å². The van der Waals surface area contributed by atoms with Gasteiger partial charge in [0.15, 0.2) is 0 Å². The van der Waals surface area contributed by atoms with Crippen LogP contribution in [0.3, 0.4) is 0 Å². The first-order chi connectivity index (χ1) is 15.3. The maximum atomic E-state index is 2.45. The summed E-state index contributed by atoms with van der Waals surface area (Å²) in [6.07, 6.45) is 0.992. The first-order valence-corrected chi connectivity index (χ1v) is 11.7. The van der Waals surface area contributed by atoms with Gasteiger partial charge in [0, 0.05) is 5.41 Å². The van der Waals surface area contributed by atoms with Crippen LogP contribution in [0.15, 0.2) is 72.8 Å². The summed E-state index contributed by atoms with van der Waals surface area (Å²) >= 11 is 0. The molecule has 0 spiro atoms. The summed E-state index contributed by atoms with van der Waals surface area (Å²) in [7, 11) is 0. The Labute approximate surface area is 193 Å². The maximum Gasteiger partial charge on any atom is 0.0152 e. The van der Waals surface area contributed by atoms with Crippen molar-refractivity contribution in [3.63, 3.8) is 0 Å². The number of hydrogen-bond donors (Lipinski definition) is 0. The molecule has 0 unspecified atom stereocenters. The molecule has 0 atom stereocenters. The highest BCUT2D eigenvalue weighted by Crippen LogP contribution is 2.44. The van der Waals surface area contributed by atoms with Crippen LogP contribution in [-0.4, -0.2) is 0 Å². The zero-order valence-electron chi connectivity index (χ0n) is 20.1. The van der Waals surface area contributed by atoms with E-state index in [1.54, 1.807) is 0 Å². The zero-order valence-corrected chi connectivity index (χ0v) is 20.1. The van der Waals surface area contributed by atoms with Crippen LogP contribution < -0.4 is 0 Å².